The number of nitrogens with one attached hydrogen (secondary N) is 1. The van der Waals surface area contributed by atoms with Gasteiger partial charge in [0.25, 0.3) is 5.56 Å². The summed E-state index contributed by atoms with van der Waals surface area (Å²) in [5.41, 5.74) is 3.40. The van der Waals surface area contributed by atoms with Gasteiger partial charge in [-0.1, -0.05) is 55.0 Å². The maximum atomic E-state index is 13.1. The lowest BCUT2D eigenvalue weighted by Crippen LogP contribution is -2.33. The van der Waals surface area contributed by atoms with Crippen LogP contribution >= 0.6 is 0 Å². The summed E-state index contributed by atoms with van der Waals surface area (Å²) in [4.78, 5) is 26.1. The van der Waals surface area contributed by atoms with Gasteiger partial charge in [0.1, 0.15) is 11.6 Å². The van der Waals surface area contributed by atoms with Gasteiger partial charge >= 0.3 is 0 Å². The number of rotatable bonds is 5. The highest BCUT2D eigenvalue weighted by Crippen LogP contribution is 2.30. The molecule has 4 aromatic rings. The lowest BCUT2D eigenvalue weighted by molar-refractivity contribution is -0.124. The van der Waals surface area contributed by atoms with E-state index in [1.165, 1.54) is 10.2 Å². The average Bonchev–Trinajstić information content (AvgIpc) is 3.06. The first kappa shape index (κ1) is 18.9. The molecule has 0 saturated heterocycles. The Bertz CT molecular complexity index is 1250. The van der Waals surface area contributed by atoms with E-state index in [-0.39, 0.29) is 11.5 Å². The van der Waals surface area contributed by atoms with Crippen molar-refractivity contribution < 1.29 is 4.79 Å². The second kappa shape index (κ2) is 7.54. The quantitative estimate of drug-likeness (QED) is 0.569. The van der Waals surface area contributed by atoms with Gasteiger partial charge in [-0.25, -0.2) is 4.68 Å². The number of hydrogen-bond donors (Lipinski definition) is 1. The fourth-order valence-corrected chi connectivity index (χ4v) is 3.81. The number of fused-ring (bicyclic) bond motifs is 3. The molecule has 29 heavy (non-hydrogen) atoms. The first-order valence-electron chi connectivity index (χ1n) is 9.79. The number of amides is 1. The molecule has 0 aliphatic rings. The fraction of sp³-hybridized carbons (Fsp3) is 0.261. The highest BCUT2D eigenvalue weighted by Gasteiger charge is 2.25. The Morgan fingerprint density at radius 1 is 1.10 bits per heavy atom. The van der Waals surface area contributed by atoms with E-state index < -0.39 is 6.04 Å². The molecule has 2 heterocycles. The number of carbonyl (C=O) groups is 1. The molecule has 2 aromatic carbocycles. The molecule has 1 atom stereocenters. The molecular weight excluding hydrogens is 364 g/mol. The number of hydrogen-bond acceptors (Lipinski definition) is 3. The van der Waals surface area contributed by atoms with E-state index in [9.17, 15) is 9.59 Å². The Morgan fingerprint density at radius 2 is 1.83 bits per heavy atom. The van der Waals surface area contributed by atoms with E-state index in [4.69, 9.17) is 0 Å². The molecule has 148 valence electrons. The molecule has 0 fully saturated rings. The van der Waals surface area contributed by atoms with Crippen molar-refractivity contribution in [3.63, 3.8) is 0 Å². The fourth-order valence-electron chi connectivity index (χ4n) is 3.81. The Morgan fingerprint density at radius 3 is 2.55 bits per heavy atom. The van der Waals surface area contributed by atoms with Gasteiger partial charge in [0.05, 0.1) is 11.7 Å². The van der Waals surface area contributed by atoms with Crippen LogP contribution in [0.3, 0.4) is 0 Å². The van der Waals surface area contributed by atoms with Crippen LogP contribution < -0.4 is 10.9 Å². The number of aromatic nitrogens is 3. The maximum absolute atomic E-state index is 13.1. The molecular formula is C23H24N4O2. The summed E-state index contributed by atoms with van der Waals surface area (Å²) < 4.78 is 3.19. The zero-order valence-corrected chi connectivity index (χ0v) is 16.8. The van der Waals surface area contributed by atoms with Gasteiger partial charge in [-0.05, 0) is 25.0 Å². The second-order valence-electron chi connectivity index (χ2n) is 7.35. The van der Waals surface area contributed by atoms with Crippen LogP contribution in [0.25, 0.3) is 21.8 Å². The number of nitrogens with zero attached hydrogens (tertiary/aromatic N) is 3. The van der Waals surface area contributed by atoms with Gasteiger partial charge < -0.3 is 9.88 Å². The van der Waals surface area contributed by atoms with E-state index in [1.54, 1.807) is 13.2 Å². The molecule has 6 nitrogen and oxygen atoms in total. The molecule has 1 amide bonds. The first-order chi connectivity index (χ1) is 14.0. The lowest BCUT2D eigenvalue weighted by atomic mass is 10.1. The minimum atomic E-state index is -0.488. The standard InChI is InChI=1S/C23H24N4O2/c1-4-19(22(28)24-13-16-11-9-15(2)10-12-16)27-20-8-6-5-7-17(20)18-14-25-26(3)23(29)21(18)27/h5-12,14,19H,4,13H2,1-3H3,(H,24,28)/t19-/m0/s1. The number of aryl methyl sites for hydroxylation is 2. The molecule has 4 rings (SSSR count). The van der Waals surface area contributed by atoms with Crippen molar-refractivity contribution in [1.82, 2.24) is 19.7 Å². The number of carbonyl (C=O) groups excluding carboxylic acids is 1. The molecule has 0 bridgehead atoms. The summed E-state index contributed by atoms with van der Waals surface area (Å²) in [6.07, 6.45) is 2.27. The van der Waals surface area contributed by atoms with Gasteiger partial charge in [-0.2, -0.15) is 5.10 Å². The van der Waals surface area contributed by atoms with Crippen LogP contribution in [0.5, 0.6) is 0 Å². The van der Waals surface area contributed by atoms with Crippen LogP contribution in [-0.2, 0) is 18.4 Å². The van der Waals surface area contributed by atoms with E-state index in [0.29, 0.717) is 18.5 Å². The maximum Gasteiger partial charge on any atom is 0.291 e. The third kappa shape index (κ3) is 3.31. The van der Waals surface area contributed by atoms with Crippen molar-refractivity contribution in [2.75, 3.05) is 0 Å². The van der Waals surface area contributed by atoms with Crippen LogP contribution in [0.4, 0.5) is 0 Å². The molecule has 0 aliphatic carbocycles. The Labute approximate surface area is 168 Å². The summed E-state index contributed by atoms with van der Waals surface area (Å²) in [7, 11) is 1.63. The number of benzene rings is 2. The third-order valence-corrected chi connectivity index (χ3v) is 5.39. The third-order valence-electron chi connectivity index (χ3n) is 5.39. The highest BCUT2D eigenvalue weighted by molar-refractivity contribution is 6.08. The smallest absolute Gasteiger partial charge is 0.291 e. The van der Waals surface area contributed by atoms with Gasteiger partial charge in [0.2, 0.25) is 5.91 Å². The molecule has 6 heteroatoms. The summed E-state index contributed by atoms with van der Waals surface area (Å²) >= 11 is 0. The molecule has 0 aliphatic heterocycles. The first-order valence-corrected chi connectivity index (χ1v) is 9.79. The van der Waals surface area contributed by atoms with Crippen molar-refractivity contribution in [3.05, 3.63) is 76.2 Å². The Balaban J connectivity index is 1.78. The monoisotopic (exact) mass is 388 g/mol. The summed E-state index contributed by atoms with van der Waals surface area (Å²) in [6.45, 7) is 4.45. The predicted octanol–water partition coefficient (Wildman–Crippen LogP) is 3.46. The zero-order valence-electron chi connectivity index (χ0n) is 16.8. The molecule has 0 saturated carbocycles. The largest absolute Gasteiger partial charge is 0.350 e. The summed E-state index contributed by atoms with van der Waals surface area (Å²) in [6, 6.07) is 15.4. The van der Waals surface area contributed by atoms with Crippen molar-refractivity contribution in [2.24, 2.45) is 7.05 Å². The Hall–Kier alpha value is -3.41. The highest BCUT2D eigenvalue weighted by atomic mass is 16.2. The van der Waals surface area contributed by atoms with Crippen LogP contribution in [0, 0.1) is 6.92 Å². The van der Waals surface area contributed by atoms with Crippen LogP contribution in [-0.4, -0.2) is 20.3 Å². The van der Waals surface area contributed by atoms with Crippen molar-refractivity contribution >= 4 is 27.7 Å². The van der Waals surface area contributed by atoms with E-state index >= 15 is 0 Å². The molecule has 0 radical (unpaired) electrons. The molecule has 0 unspecified atom stereocenters. The van der Waals surface area contributed by atoms with Gasteiger partial charge in [0.15, 0.2) is 0 Å². The second-order valence-corrected chi connectivity index (χ2v) is 7.35. The molecule has 1 N–H and O–H groups in total. The summed E-state index contributed by atoms with van der Waals surface area (Å²) in [5, 5.41) is 8.91. The molecule has 2 aromatic heterocycles. The van der Waals surface area contributed by atoms with E-state index in [1.807, 2.05) is 66.9 Å². The van der Waals surface area contributed by atoms with E-state index in [2.05, 4.69) is 10.4 Å². The normalized spacial score (nSPS) is 12.4. The van der Waals surface area contributed by atoms with Gasteiger partial charge in [-0.15, -0.1) is 0 Å². The number of para-hydroxylation sites is 1. The lowest BCUT2D eigenvalue weighted by Gasteiger charge is -2.19. The SMILES string of the molecule is CC[C@@H](C(=O)NCc1ccc(C)cc1)n1c2ccccc2c2cnn(C)c(=O)c21. The summed E-state index contributed by atoms with van der Waals surface area (Å²) in [5.74, 6) is -0.102. The van der Waals surface area contributed by atoms with Crippen LogP contribution in [0.2, 0.25) is 0 Å². The molecule has 0 spiro atoms. The Kier molecular flexibility index (Phi) is 4.92. The van der Waals surface area contributed by atoms with Gasteiger partial charge in [-0.3, -0.25) is 9.59 Å². The zero-order chi connectivity index (χ0) is 20.5. The van der Waals surface area contributed by atoms with Crippen molar-refractivity contribution in [1.29, 1.82) is 0 Å². The van der Waals surface area contributed by atoms with Crippen LogP contribution in [0.15, 0.2) is 59.5 Å². The van der Waals surface area contributed by atoms with Gasteiger partial charge in [0, 0.05) is 24.4 Å². The van der Waals surface area contributed by atoms with E-state index in [0.717, 1.165) is 21.9 Å². The minimum absolute atomic E-state index is 0.102. The van der Waals surface area contributed by atoms with Crippen LogP contribution in [0.1, 0.15) is 30.5 Å². The minimum Gasteiger partial charge on any atom is -0.350 e. The van der Waals surface area contributed by atoms with Crippen molar-refractivity contribution in [2.45, 2.75) is 32.9 Å². The van der Waals surface area contributed by atoms with Crippen molar-refractivity contribution in [3.8, 4) is 0 Å². The predicted molar refractivity (Wildman–Crippen MR) is 115 cm³/mol. The average molecular weight is 388 g/mol. The topological polar surface area (TPSA) is 68.9 Å².